The summed E-state index contributed by atoms with van der Waals surface area (Å²) in [7, 11) is 0. The Kier molecular flexibility index (Phi) is 6.28. The molecule has 3 aromatic carbocycles. The molecule has 0 atom stereocenters. The Bertz CT molecular complexity index is 1240. The summed E-state index contributed by atoms with van der Waals surface area (Å²) in [6, 6.07) is 20.5. The molecule has 4 aromatic rings. The molecule has 0 fully saturated rings. The van der Waals surface area contributed by atoms with Crippen LogP contribution in [-0.4, -0.2) is 13.2 Å². The highest BCUT2D eigenvalue weighted by Gasteiger charge is 2.18. The van der Waals surface area contributed by atoms with Crippen LogP contribution in [0.3, 0.4) is 0 Å². The predicted octanol–water partition coefficient (Wildman–Crippen LogP) is 6.58. The van der Waals surface area contributed by atoms with E-state index in [1.54, 1.807) is 12.1 Å². The SMILES string of the molecule is Cc1cc2oc(-c3ccccc3)c(OCCCOc3ccc(Cl)cc3)c(=O)c2cc1C. The summed E-state index contributed by atoms with van der Waals surface area (Å²) >= 11 is 5.89. The van der Waals surface area contributed by atoms with E-state index >= 15 is 0 Å². The number of ether oxygens (including phenoxy) is 2. The fourth-order valence-electron chi connectivity index (χ4n) is 3.30. The second kappa shape index (κ2) is 9.27. The Morgan fingerprint density at radius 3 is 2.29 bits per heavy atom. The molecule has 1 heterocycles. The molecule has 4 rings (SSSR count). The summed E-state index contributed by atoms with van der Waals surface area (Å²) in [5.74, 6) is 1.42. The van der Waals surface area contributed by atoms with Crippen molar-refractivity contribution in [1.29, 1.82) is 0 Å². The maximum absolute atomic E-state index is 13.3. The zero-order valence-electron chi connectivity index (χ0n) is 17.5. The first-order chi connectivity index (χ1) is 15.0. The molecule has 158 valence electrons. The Hall–Kier alpha value is -3.24. The van der Waals surface area contributed by atoms with Crippen LogP contribution in [0.5, 0.6) is 11.5 Å². The van der Waals surface area contributed by atoms with Gasteiger partial charge in [0.05, 0.1) is 18.6 Å². The van der Waals surface area contributed by atoms with Gasteiger partial charge in [-0.15, -0.1) is 0 Å². The molecule has 31 heavy (non-hydrogen) atoms. The van der Waals surface area contributed by atoms with E-state index in [1.165, 1.54) is 0 Å². The first-order valence-corrected chi connectivity index (χ1v) is 10.6. The van der Waals surface area contributed by atoms with E-state index in [9.17, 15) is 4.79 Å². The van der Waals surface area contributed by atoms with Gasteiger partial charge in [0.1, 0.15) is 11.3 Å². The van der Waals surface area contributed by atoms with Crippen LogP contribution >= 0.6 is 11.6 Å². The zero-order valence-corrected chi connectivity index (χ0v) is 18.2. The van der Waals surface area contributed by atoms with Crippen LogP contribution in [-0.2, 0) is 0 Å². The van der Waals surface area contributed by atoms with Crippen molar-refractivity contribution in [3.8, 4) is 22.8 Å². The molecule has 4 nitrogen and oxygen atoms in total. The van der Waals surface area contributed by atoms with E-state index in [0.29, 0.717) is 41.4 Å². The van der Waals surface area contributed by atoms with Crippen molar-refractivity contribution in [2.75, 3.05) is 13.2 Å². The van der Waals surface area contributed by atoms with Crippen LogP contribution in [0.1, 0.15) is 17.5 Å². The second-order valence-corrected chi connectivity index (χ2v) is 7.83. The first-order valence-electron chi connectivity index (χ1n) is 10.2. The van der Waals surface area contributed by atoms with Crippen molar-refractivity contribution in [3.05, 3.63) is 93.1 Å². The topological polar surface area (TPSA) is 48.7 Å². The van der Waals surface area contributed by atoms with Gasteiger partial charge in [-0.05, 0) is 61.4 Å². The van der Waals surface area contributed by atoms with E-state index in [-0.39, 0.29) is 11.2 Å². The first kappa shape index (κ1) is 21.0. The number of fused-ring (bicyclic) bond motifs is 1. The molecule has 0 unspecified atom stereocenters. The van der Waals surface area contributed by atoms with Crippen molar-refractivity contribution in [2.45, 2.75) is 20.3 Å². The lowest BCUT2D eigenvalue weighted by molar-refractivity contribution is 0.244. The van der Waals surface area contributed by atoms with Crippen molar-refractivity contribution >= 4 is 22.6 Å². The van der Waals surface area contributed by atoms with Crippen LogP contribution in [0.4, 0.5) is 0 Å². The molecule has 0 bridgehead atoms. The van der Waals surface area contributed by atoms with Gasteiger partial charge in [0.2, 0.25) is 11.2 Å². The minimum Gasteiger partial charge on any atom is -0.493 e. The molecular weight excluding hydrogens is 412 g/mol. The fraction of sp³-hybridized carbons (Fsp3) is 0.192. The summed E-state index contributed by atoms with van der Waals surface area (Å²) < 4.78 is 17.8. The van der Waals surface area contributed by atoms with Gasteiger partial charge in [-0.25, -0.2) is 0 Å². The number of hydrogen-bond acceptors (Lipinski definition) is 4. The molecule has 5 heteroatoms. The van der Waals surface area contributed by atoms with E-state index in [2.05, 4.69) is 0 Å². The number of hydrogen-bond donors (Lipinski definition) is 0. The largest absolute Gasteiger partial charge is 0.493 e. The minimum absolute atomic E-state index is 0.165. The number of benzene rings is 3. The summed E-state index contributed by atoms with van der Waals surface area (Å²) in [6.45, 7) is 4.77. The average molecular weight is 435 g/mol. The third kappa shape index (κ3) is 4.75. The zero-order chi connectivity index (χ0) is 21.8. The quantitative estimate of drug-likeness (QED) is 0.308. The highest BCUT2D eigenvalue weighted by Crippen LogP contribution is 2.31. The molecule has 0 radical (unpaired) electrons. The lowest BCUT2D eigenvalue weighted by Crippen LogP contribution is -2.13. The Morgan fingerprint density at radius 2 is 1.55 bits per heavy atom. The van der Waals surface area contributed by atoms with Gasteiger partial charge in [0, 0.05) is 17.0 Å². The van der Waals surface area contributed by atoms with Gasteiger partial charge in [-0.2, -0.15) is 0 Å². The van der Waals surface area contributed by atoms with Crippen molar-refractivity contribution in [3.63, 3.8) is 0 Å². The van der Waals surface area contributed by atoms with Crippen LogP contribution in [0.2, 0.25) is 5.02 Å². The van der Waals surface area contributed by atoms with E-state index in [0.717, 1.165) is 22.4 Å². The molecular formula is C26H23ClO4. The van der Waals surface area contributed by atoms with Gasteiger partial charge < -0.3 is 13.9 Å². The normalized spacial score (nSPS) is 10.9. The summed E-state index contributed by atoms with van der Waals surface area (Å²) in [4.78, 5) is 13.3. The molecule has 0 aliphatic rings. The van der Waals surface area contributed by atoms with Gasteiger partial charge in [0.15, 0.2) is 5.76 Å². The lowest BCUT2D eigenvalue weighted by Gasteiger charge is -2.13. The molecule has 0 saturated heterocycles. The van der Waals surface area contributed by atoms with Crippen LogP contribution in [0.25, 0.3) is 22.3 Å². The predicted molar refractivity (Wildman–Crippen MR) is 124 cm³/mol. The van der Waals surface area contributed by atoms with Crippen molar-refractivity contribution in [1.82, 2.24) is 0 Å². The number of halogens is 1. The molecule has 0 spiro atoms. The summed E-state index contributed by atoms with van der Waals surface area (Å²) in [5.41, 5.74) is 3.30. The fourth-order valence-corrected chi connectivity index (χ4v) is 3.42. The van der Waals surface area contributed by atoms with E-state index < -0.39 is 0 Å². The minimum atomic E-state index is -0.165. The monoisotopic (exact) mass is 434 g/mol. The molecule has 0 aliphatic carbocycles. The van der Waals surface area contributed by atoms with Crippen LogP contribution < -0.4 is 14.9 Å². The van der Waals surface area contributed by atoms with Gasteiger partial charge >= 0.3 is 0 Å². The van der Waals surface area contributed by atoms with Crippen LogP contribution in [0.15, 0.2) is 75.9 Å². The second-order valence-electron chi connectivity index (χ2n) is 7.39. The number of rotatable bonds is 7. The Balaban J connectivity index is 1.57. The molecule has 0 N–H and O–H groups in total. The average Bonchev–Trinajstić information content (AvgIpc) is 2.78. The maximum atomic E-state index is 13.3. The van der Waals surface area contributed by atoms with Gasteiger partial charge in [-0.3, -0.25) is 4.79 Å². The van der Waals surface area contributed by atoms with Crippen LogP contribution in [0, 0.1) is 13.8 Å². The Labute approximate surface area is 186 Å². The molecule has 0 amide bonds. The molecule has 1 aromatic heterocycles. The van der Waals surface area contributed by atoms with E-state index in [4.69, 9.17) is 25.5 Å². The molecule has 0 saturated carbocycles. The van der Waals surface area contributed by atoms with Gasteiger partial charge in [0.25, 0.3) is 0 Å². The number of aryl methyl sites for hydroxylation is 2. The highest BCUT2D eigenvalue weighted by molar-refractivity contribution is 6.30. The smallest absolute Gasteiger partial charge is 0.235 e. The molecule has 0 aliphatic heterocycles. The van der Waals surface area contributed by atoms with Crippen molar-refractivity contribution < 1.29 is 13.9 Å². The standard InChI is InChI=1S/C26H23ClO4/c1-17-15-22-23(16-18(17)2)31-25(19-7-4-3-5-8-19)26(24(22)28)30-14-6-13-29-21-11-9-20(27)10-12-21/h3-5,7-12,15-16H,6,13-14H2,1-2H3. The lowest BCUT2D eigenvalue weighted by atomic mass is 10.0. The van der Waals surface area contributed by atoms with E-state index in [1.807, 2.05) is 68.4 Å². The summed E-state index contributed by atoms with van der Waals surface area (Å²) in [6.07, 6.45) is 0.612. The maximum Gasteiger partial charge on any atom is 0.235 e. The summed E-state index contributed by atoms with van der Waals surface area (Å²) in [5, 5.41) is 1.19. The van der Waals surface area contributed by atoms with Crippen molar-refractivity contribution in [2.24, 2.45) is 0 Å². The Morgan fingerprint density at radius 1 is 0.871 bits per heavy atom. The van der Waals surface area contributed by atoms with Gasteiger partial charge in [-0.1, -0.05) is 41.9 Å². The third-order valence-electron chi connectivity index (χ3n) is 5.12. The highest BCUT2D eigenvalue weighted by atomic mass is 35.5. The third-order valence-corrected chi connectivity index (χ3v) is 5.37.